The molecule has 1 aliphatic heterocycles. The first-order valence-electron chi connectivity index (χ1n) is 7.92. The van der Waals surface area contributed by atoms with Crippen molar-refractivity contribution in [3.63, 3.8) is 0 Å². The molecular weight excluding hydrogens is 455 g/mol. The number of morpholine rings is 1. The maximum absolute atomic E-state index is 13.6. The van der Waals surface area contributed by atoms with Crippen molar-refractivity contribution in [3.05, 3.63) is 53.7 Å². The summed E-state index contributed by atoms with van der Waals surface area (Å²) in [7, 11) is 0. The summed E-state index contributed by atoms with van der Waals surface area (Å²) in [5.74, 6) is -0.314. The molecule has 26 heavy (non-hydrogen) atoms. The average Bonchev–Trinajstić information content (AvgIpc) is 2.64. The first-order chi connectivity index (χ1) is 12.1. The van der Waals surface area contributed by atoms with Crippen LogP contribution >= 0.6 is 24.0 Å². The third-order valence-electron chi connectivity index (χ3n) is 3.73. The fraction of sp³-hybridized carbons (Fsp3) is 0.294. The van der Waals surface area contributed by atoms with Crippen molar-refractivity contribution in [2.45, 2.75) is 6.54 Å². The van der Waals surface area contributed by atoms with E-state index in [1.165, 1.54) is 0 Å². The van der Waals surface area contributed by atoms with Crippen molar-refractivity contribution < 1.29 is 13.5 Å². The number of aromatic nitrogens is 1. The molecule has 1 saturated heterocycles. The maximum atomic E-state index is 13.6. The number of anilines is 2. The number of aliphatic imine (C=N–C) groups is 1. The lowest BCUT2D eigenvalue weighted by atomic mass is 10.3. The summed E-state index contributed by atoms with van der Waals surface area (Å²) >= 11 is 0. The zero-order valence-electron chi connectivity index (χ0n) is 14.0. The van der Waals surface area contributed by atoms with E-state index in [1.54, 1.807) is 0 Å². The summed E-state index contributed by atoms with van der Waals surface area (Å²) in [5, 5.41) is 2.56. The van der Waals surface area contributed by atoms with Crippen molar-refractivity contribution in [1.29, 1.82) is 0 Å². The number of guanidine groups is 1. The molecule has 0 amide bonds. The second-order valence-corrected chi connectivity index (χ2v) is 5.54. The van der Waals surface area contributed by atoms with Crippen LogP contribution in [0.2, 0.25) is 0 Å². The number of hydrogen-bond donors (Lipinski definition) is 2. The molecular formula is C17H20F2IN5O. The molecule has 2 aromatic rings. The standard InChI is InChI=1S/C17H19F2N5O.HI/c18-12-4-5-14(19)15(10-12)23-17(20)21-11-13-2-1-3-16(22-13)24-6-8-25-9-7-24;/h1-5,10H,6-9,11H2,(H3,20,21,23);1H. The predicted molar refractivity (Wildman–Crippen MR) is 108 cm³/mol. The van der Waals surface area contributed by atoms with Gasteiger partial charge < -0.3 is 20.7 Å². The van der Waals surface area contributed by atoms with Crippen LogP contribution in [0.5, 0.6) is 0 Å². The Morgan fingerprint density at radius 2 is 2.00 bits per heavy atom. The second-order valence-electron chi connectivity index (χ2n) is 5.54. The molecule has 2 heterocycles. The van der Waals surface area contributed by atoms with Crippen LogP contribution in [0.1, 0.15) is 5.69 Å². The predicted octanol–water partition coefficient (Wildman–Crippen LogP) is 2.74. The number of benzene rings is 1. The molecule has 0 unspecified atom stereocenters. The zero-order valence-corrected chi connectivity index (χ0v) is 16.3. The summed E-state index contributed by atoms with van der Waals surface area (Å²) in [6.07, 6.45) is 0. The van der Waals surface area contributed by atoms with Crippen molar-refractivity contribution >= 4 is 41.4 Å². The van der Waals surface area contributed by atoms with Crippen molar-refractivity contribution in [1.82, 2.24) is 4.98 Å². The highest BCUT2D eigenvalue weighted by atomic mass is 127. The first kappa shape index (κ1) is 20.3. The van der Waals surface area contributed by atoms with Gasteiger partial charge in [-0.25, -0.2) is 18.8 Å². The minimum Gasteiger partial charge on any atom is -0.378 e. The van der Waals surface area contributed by atoms with Gasteiger partial charge in [-0.05, 0) is 24.3 Å². The van der Waals surface area contributed by atoms with Gasteiger partial charge in [0, 0.05) is 19.2 Å². The van der Waals surface area contributed by atoms with Crippen LogP contribution in [0.25, 0.3) is 0 Å². The lowest BCUT2D eigenvalue weighted by Gasteiger charge is -2.27. The molecule has 140 valence electrons. The molecule has 1 aliphatic rings. The summed E-state index contributed by atoms with van der Waals surface area (Å²) in [5.41, 5.74) is 6.42. The number of pyridine rings is 1. The van der Waals surface area contributed by atoms with E-state index in [0.717, 1.165) is 42.8 Å². The highest BCUT2D eigenvalue weighted by Gasteiger charge is 2.12. The molecule has 1 fully saturated rings. The fourth-order valence-electron chi connectivity index (χ4n) is 2.46. The Morgan fingerprint density at radius 1 is 1.23 bits per heavy atom. The monoisotopic (exact) mass is 475 g/mol. The van der Waals surface area contributed by atoms with Crippen LogP contribution in [0.15, 0.2) is 41.4 Å². The number of nitrogens with zero attached hydrogens (tertiary/aromatic N) is 3. The summed E-state index contributed by atoms with van der Waals surface area (Å²) in [6, 6.07) is 8.76. The summed E-state index contributed by atoms with van der Waals surface area (Å²) in [6.45, 7) is 3.18. The Morgan fingerprint density at radius 3 is 2.77 bits per heavy atom. The van der Waals surface area contributed by atoms with Gasteiger partial charge in [0.2, 0.25) is 0 Å². The van der Waals surface area contributed by atoms with Crippen molar-refractivity contribution in [2.24, 2.45) is 10.7 Å². The Labute approximate surface area is 167 Å². The van der Waals surface area contributed by atoms with Crippen LogP contribution < -0.4 is 16.0 Å². The maximum Gasteiger partial charge on any atom is 0.193 e. The lowest BCUT2D eigenvalue weighted by Crippen LogP contribution is -2.36. The molecule has 0 atom stereocenters. The number of hydrogen-bond acceptors (Lipinski definition) is 4. The minimum atomic E-state index is -0.605. The topological polar surface area (TPSA) is 75.8 Å². The first-order valence-corrected chi connectivity index (χ1v) is 7.92. The zero-order chi connectivity index (χ0) is 17.6. The highest BCUT2D eigenvalue weighted by molar-refractivity contribution is 14.0. The van der Waals surface area contributed by atoms with E-state index in [2.05, 4.69) is 20.2 Å². The number of rotatable bonds is 4. The van der Waals surface area contributed by atoms with Gasteiger partial charge in [0.05, 0.1) is 31.1 Å². The van der Waals surface area contributed by atoms with E-state index in [4.69, 9.17) is 10.5 Å². The summed E-state index contributed by atoms with van der Waals surface area (Å²) < 4.78 is 32.1. The van der Waals surface area contributed by atoms with E-state index < -0.39 is 11.6 Å². The molecule has 3 rings (SSSR count). The van der Waals surface area contributed by atoms with Gasteiger partial charge in [0.1, 0.15) is 17.5 Å². The summed E-state index contributed by atoms with van der Waals surface area (Å²) in [4.78, 5) is 10.8. The van der Waals surface area contributed by atoms with Gasteiger partial charge in [-0.2, -0.15) is 0 Å². The van der Waals surface area contributed by atoms with Gasteiger partial charge in [0.25, 0.3) is 0 Å². The molecule has 3 N–H and O–H groups in total. The van der Waals surface area contributed by atoms with Gasteiger partial charge >= 0.3 is 0 Å². The average molecular weight is 475 g/mol. The van der Waals surface area contributed by atoms with E-state index in [1.807, 2.05) is 18.2 Å². The Balaban J connectivity index is 0.00000243. The second kappa shape index (κ2) is 9.62. The Bertz CT molecular complexity index is 769. The van der Waals surface area contributed by atoms with Crippen molar-refractivity contribution in [2.75, 3.05) is 36.5 Å². The van der Waals surface area contributed by atoms with Gasteiger partial charge in [0.15, 0.2) is 5.96 Å². The molecule has 0 spiro atoms. The van der Waals surface area contributed by atoms with Gasteiger partial charge in [-0.1, -0.05) is 6.07 Å². The molecule has 9 heteroatoms. The van der Waals surface area contributed by atoms with E-state index >= 15 is 0 Å². The van der Waals surface area contributed by atoms with E-state index in [9.17, 15) is 8.78 Å². The van der Waals surface area contributed by atoms with Gasteiger partial charge in [-0.3, -0.25) is 0 Å². The third-order valence-corrected chi connectivity index (χ3v) is 3.73. The van der Waals surface area contributed by atoms with E-state index in [-0.39, 0.29) is 42.2 Å². The largest absolute Gasteiger partial charge is 0.378 e. The quantitative estimate of drug-likeness (QED) is 0.404. The minimum absolute atomic E-state index is 0. The number of nitrogens with one attached hydrogen (secondary N) is 1. The molecule has 0 radical (unpaired) electrons. The van der Waals surface area contributed by atoms with Crippen LogP contribution in [-0.4, -0.2) is 37.2 Å². The molecule has 1 aromatic carbocycles. The fourth-order valence-corrected chi connectivity index (χ4v) is 2.46. The molecule has 1 aromatic heterocycles. The van der Waals surface area contributed by atoms with Crippen LogP contribution in [0.3, 0.4) is 0 Å². The Hall–Kier alpha value is -2.01. The molecule has 0 bridgehead atoms. The highest BCUT2D eigenvalue weighted by Crippen LogP contribution is 2.16. The normalized spacial score (nSPS) is 14.7. The van der Waals surface area contributed by atoms with Crippen molar-refractivity contribution in [3.8, 4) is 0 Å². The van der Waals surface area contributed by atoms with E-state index in [0.29, 0.717) is 13.2 Å². The molecule has 0 saturated carbocycles. The number of ether oxygens (including phenoxy) is 1. The van der Waals surface area contributed by atoms with Gasteiger partial charge in [-0.15, -0.1) is 24.0 Å². The third kappa shape index (κ3) is 5.49. The van der Waals surface area contributed by atoms with Crippen LogP contribution in [0, 0.1) is 11.6 Å². The van der Waals surface area contributed by atoms with Crippen LogP contribution in [-0.2, 0) is 11.3 Å². The molecule has 6 nitrogen and oxygen atoms in total. The lowest BCUT2D eigenvalue weighted by molar-refractivity contribution is 0.122. The van der Waals surface area contributed by atoms with Crippen LogP contribution in [0.4, 0.5) is 20.3 Å². The number of nitrogens with two attached hydrogens (primary N) is 1. The number of halogens is 3. The molecule has 0 aliphatic carbocycles. The smallest absolute Gasteiger partial charge is 0.193 e. The SMILES string of the molecule is I.NC(=NCc1cccc(N2CCOCC2)n1)Nc1cc(F)ccc1F. The Kier molecular flexibility index (Phi) is 7.51.